The van der Waals surface area contributed by atoms with E-state index in [1.54, 1.807) is 14.0 Å². The maximum absolute atomic E-state index is 12.4. The summed E-state index contributed by atoms with van der Waals surface area (Å²) in [7, 11) is 3.94. The van der Waals surface area contributed by atoms with Gasteiger partial charge in [-0.2, -0.15) is 4.98 Å². The topological polar surface area (TPSA) is 71.7 Å². The number of carbonyl (C=O) groups is 1. The zero-order chi connectivity index (χ0) is 16.4. The van der Waals surface area contributed by atoms with Crippen molar-refractivity contribution in [1.82, 2.24) is 19.9 Å². The third kappa shape index (κ3) is 3.55. The molecule has 2 fully saturated rings. The molecule has 1 spiro atoms. The van der Waals surface area contributed by atoms with Crippen molar-refractivity contribution in [1.29, 1.82) is 0 Å². The van der Waals surface area contributed by atoms with Crippen LogP contribution in [0.15, 0.2) is 4.52 Å². The Balaban J connectivity index is 1.53. The predicted octanol–water partition coefficient (Wildman–Crippen LogP) is 0.880. The zero-order valence-corrected chi connectivity index (χ0v) is 14.2. The highest BCUT2D eigenvalue weighted by Gasteiger charge is 2.44. The van der Waals surface area contributed by atoms with Gasteiger partial charge in [0.15, 0.2) is 5.82 Å². The SMILES string of the molecule is COCC1CC2(CCN(C(=O)Cc3nc(C)no3)CC2)CN1C. The van der Waals surface area contributed by atoms with E-state index in [2.05, 4.69) is 22.1 Å². The van der Waals surface area contributed by atoms with E-state index < -0.39 is 0 Å². The second-order valence-corrected chi connectivity index (χ2v) is 7.02. The fourth-order valence-corrected chi connectivity index (χ4v) is 4.00. The number of carbonyl (C=O) groups excluding carboxylic acids is 1. The summed E-state index contributed by atoms with van der Waals surface area (Å²) in [5.41, 5.74) is 0.343. The summed E-state index contributed by atoms with van der Waals surface area (Å²) in [4.78, 5) is 20.8. The number of methoxy groups -OCH3 is 1. The Morgan fingerprint density at radius 3 is 2.78 bits per heavy atom. The molecule has 0 bridgehead atoms. The summed E-state index contributed by atoms with van der Waals surface area (Å²) in [6.07, 6.45) is 3.50. The first-order valence-electron chi connectivity index (χ1n) is 8.27. The number of ether oxygens (including phenoxy) is 1. The second-order valence-electron chi connectivity index (χ2n) is 7.02. The Kier molecular flexibility index (Phi) is 4.68. The van der Waals surface area contributed by atoms with Crippen molar-refractivity contribution < 1.29 is 14.1 Å². The summed E-state index contributed by atoms with van der Waals surface area (Å²) in [6, 6.07) is 0.503. The molecule has 23 heavy (non-hydrogen) atoms. The number of hydrogen-bond donors (Lipinski definition) is 0. The van der Waals surface area contributed by atoms with Crippen LogP contribution in [-0.2, 0) is 16.0 Å². The van der Waals surface area contributed by atoms with Gasteiger partial charge in [-0.3, -0.25) is 4.79 Å². The molecule has 1 atom stereocenters. The van der Waals surface area contributed by atoms with Gasteiger partial charge in [0.1, 0.15) is 6.42 Å². The minimum atomic E-state index is 0.0864. The van der Waals surface area contributed by atoms with Gasteiger partial charge < -0.3 is 19.1 Å². The molecule has 128 valence electrons. The number of aryl methyl sites for hydroxylation is 1. The van der Waals surface area contributed by atoms with Crippen LogP contribution in [-0.4, -0.2) is 72.3 Å². The monoisotopic (exact) mass is 322 g/mol. The molecule has 0 N–H and O–H groups in total. The molecule has 3 heterocycles. The second kappa shape index (κ2) is 6.57. The Labute approximate surface area is 137 Å². The Morgan fingerprint density at radius 2 is 2.17 bits per heavy atom. The summed E-state index contributed by atoms with van der Waals surface area (Å²) in [6.45, 7) is 5.29. The molecule has 1 aromatic rings. The van der Waals surface area contributed by atoms with Crippen molar-refractivity contribution >= 4 is 5.91 Å². The van der Waals surface area contributed by atoms with Gasteiger partial charge >= 0.3 is 0 Å². The zero-order valence-electron chi connectivity index (χ0n) is 14.2. The molecule has 3 rings (SSSR count). The quantitative estimate of drug-likeness (QED) is 0.819. The van der Waals surface area contributed by atoms with E-state index >= 15 is 0 Å². The van der Waals surface area contributed by atoms with Gasteiger partial charge in [-0.05, 0) is 38.6 Å². The van der Waals surface area contributed by atoms with Crippen molar-refractivity contribution in [2.75, 3.05) is 40.4 Å². The fraction of sp³-hybridized carbons (Fsp3) is 0.812. The van der Waals surface area contributed by atoms with E-state index in [9.17, 15) is 4.79 Å². The Hall–Kier alpha value is -1.47. The summed E-state index contributed by atoms with van der Waals surface area (Å²) < 4.78 is 10.4. The first-order chi connectivity index (χ1) is 11.0. The van der Waals surface area contributed by atoms with Crippen molar-refractivity contribution in [3.8, 4) is 0 Å². The number of nitrogens with zero attached hydrogens (tertiary/aromatic N) is 4. The largest absolute Gasteiger partial charge is 0.383 e. The third-order valence-corrected chi connectivity index (χ3v) is 5.28. The lowest BCUT2D eigenvalue weighted by molar-refractivity contribution is -0.133. The minimum Gasteiger partial charge on any atom is -0.383 e. The lowest BCUT2D eigenvalue weighted by Gasteiger charge is -2.39. The van der Waals surface area contributed by atoms with Crippen LogP contribution in [0.1, 0.15) is 31.0 Å². The normalized spacial score (nSPS) is 24.5. The van der Waals surface area contributed by atoms with Crippen LogP contribution in [0.3, 0.4) is 0 Å². The molecular formula is C16H26N4O3. The first kappa shape index (κ1) is 16.4. The molecule has 7 heteroatoms. The average molecular weight is 322 g/mol. The number of rotatable bonds is 4. The number of piperidine rings is 1. The molecule has 1 amide bonds. The van der Waals surface area contributed by atoms with Crippen molar-refractivity contribution in [2.45, 2.75) is 38.6 Å². The molecule has 0 saturated carbocycles. The van der Waals surface area contributed by atoms with Gasteiger partial charge in [-0.25, -0.2) is 0 Å². The van der Waals surface area contributed by atoms with Gasteiger partial charge in [0.2, 0.25) is 11.8 Å². The number of amides is 1. The smallest absolute Gasteiger partial charge is 0.236 e. The molecule has 2 aliphatic rings. The van der Waals surface area contributed by atoms with Gasteiger partial charge in [0.25, 0.3) is 0 Å². The van der Waals surface area contributed by atoms with Crippen molar-refractivity contribution in [3.63, 3.8) is 0 Å². The highest BCUT2D eigenvalue weighted by Crippen LogP contribution is 2.42. The highest BCUT2D eigenvalue weighted by molar-refractivity contribution is 5.77. The van der Waals surface area contributed by atoms with Crippen LogP contribution in [0, 0.1) is 12.3 Å². The molecular weight excluding hydrogens is 296 g/mol. The summed E-state index contributed by atoms with van der Waals surface area (Å²) in [5.74, 6) is 1.07. The molecule has 0 aromatic carbocycles. The van der Waals surface area contributed by atoms with Crippen LogP contribution in [0.5, 0.6) is 0 Å². The molecule has 0 radical (unpaired) electrons. The number of aromatic nitrogens is 2. The van der Waals surface area contributed by atoms with Crippen molar-refractivity contribution in [3.05, 3.63) is 11.7 Å². The van der Waals surface area contributed by atoms with Crippen LogP contribution in [0.2, 0.25) is 0 Å². The first-order valence-corrected chi connectivity index (χ1v) is 8.27. The number of hydrogen-bond acceptors (Lipinski definition) is 6. The lowest BCUT2D eigenvalue weighted by atomic mass is 9.76. The van der Waals surface area contributed by atoms with Crippen LogP contribution >= 0.6 is 0 Å². The lowest BCUT2D eigenvalue weighted by Crippen LogP contribution is -2.44. The number of likely N-dealkylation sites (N-methyl/N-ethyl adjacent to an activating group) is 1. The maximum Gasteiger partial charge on any atom is 0.236 e. The highest BCUT2D eigenvalue weighted by atomic mass is 16.5. The van der Waals surface area contributed by atoms with Gasteiger partial charge in [0.05, 0.1) is 6.61 Å². The van der Waals surface area contributed by atoms with E-state index in [0.29, 0.717) is 23.2 Å². The molecule has 0 aliphatic carbocycles. The molecule has 1 aromatic heterocycles. The third-order valence-electron chi connectivity index (χ3n) is 5.28. The Morgan fingerprint density at radius 1 is 1.43 bits per heavy atom. The van der Waals surface area contributed by atoms with E-state index in [4.69, 9.17) is 9.26 Å². The number of likely N-dealkylation sites (tertiary alicyclic amines) is 2. The van der Waals surface area contributed by atoms with Gasteiger partial charge in [-0.1, -0.05) is 5.16 Å². The fourth-order valence-electron chi connectivity index (χ4n) is 4.00. The van der Waals surface area contributed by atoms with Crippen LogP contribution in [0.4, 0.5) is 0 Å². The van der Waals surface area contributed by atoms with E-state index in [1.165, 1.54) is 6.42 Å². The predicted molar refractivity (Wildman–Crippen MR) is 83.9 cm³/mol. The molecule has 7 nitrogen and oxygen atoms in total. The molecule has 1 unspecified atom stereocenters. The van der Waals surface area contributed by atoms with E-state index in [1.807, 2.05) is 4.90 Å². The Bertz CT molecular complexity index is 551. The standard InChI is InChI=1S/C16H26N4O3/c1-12-17-14(23-18-12)8-15(21)20-6-4-16(5-7-20)9-13(10-22-3)19(2)11-16/h13H,4-11H2,1-3H3. The summed E-state index contributed by atoms with van der Waals surface area (Å²) >= 11 is 0. The minimum absolute atomic E-state index is 0.0864. The average Bonchev–Trinajstić information content (AvgIpc) is 3.04. The van der Waals surface area contributed by atoms with E-state index in [-0.39, 0.29) is 12.3 Å². The van der Waals surface area contributed by atoms with Crippen molar-refractivity contribution in [2.24, 2.45) is 5.41 Å². The molecule has 2 saturated heterocycles. The molecule has 2 aliphatic heterocycles. The van der Waals surface area contributed by atoms with Gasteiger partial charge in [0, 0.05) is 32.8 Å². The van der Waals surface area contributed by atoms with E-state index in [0.717, 1.165) is 39.1 Å². The van der Waals surface area contributed by atoms with Gasteiger partial charge in [-0.15, -0.1) is 0 Å². The van der Waals surface area contributed by atoms with Crippen LogP contribution in [0.25, 0.3) is 0 Å². The maximum atomic E-state index is 12.4. The van der Waals surface area contributed by atoms with Crippen LogP contribution < -0.4 is 0 Å². The summed E-state index contributed by atoms with van der Waals surface area (Å²) in [5, 5.41) is 3.73.